The van der Waals surface area contributed by atoms with Crippen molar-refractivity contribution in [1.29, 1.82) is 0 Å². The molecule has 5 heteroatoms. The predicted octanol–water partition coefficient (Wildman–Crippen LogP) is 1.80. The highest BCUT2D eigenvalue weighted by Gasteiger charge is 2.13. The van der Waals surface area contributed by atoms with Crippen molar-refractivity contribution in [2.75, 3.05) is 18.4 Å². The predicted molar refractivity (Wildman–Crippen MR) is 74.1 cm³/mol. The van der Waals surface area contributed by atoms with Gasteiger partial charge in [0.2, 0.25) is 0 Å². The Morgan fingerprint density at radius 2 is 2.33 bits per heavy atom. The summed E-state index contributed by atoms with van der Waals surface area (Å²) in [4.78, 5) is 12.0. The highest BCUT2D eigenvalue weighted by Crippen LogP contribution is 2.27. The van der Waals surface area contributed by atoms with Crippen molar-refractivity contribution in [2.24, 2.45) is 4.99 Å². The molecular weight excluding hydrogens is 226 g/mol. The highest BCUT2D eigenvalue weighted by molar-refractivity contribution is 5.98. The fraction of sp³-hybridized carbons (Fsp3) is 0.385. The molecule has 0 aliphatic carbocycles. The number of H-pyrrole nitrogens is 1. The standard InChI is InChI=1S/C13H17N5/c1-3-9-10(18-13-14-4-5-15-13)6-8(2)11-12(9)17-7-16-11/h6-7H,3-5H2,1-2H3,(H,16,17)(H2,14,15,18). The summed E-state index contributed by atoms with van der Waals surface area (Å²) >= 11 is 0. The quantitative estimate of drug-likeness (QED) is 0.753. The van der Waals surface area contributed by atoms with E-state index in [4.69, 9.17) is 0 Å². The molecule has 0 bridgehead atoms. The molecule has 0 amide bonds. The monoisotopic (exact) mass is 243 g/mol. The molecule has 0 radical (unpaired) electrons. The molecule has 1 aromatic heterocycles. The lowest BCUT2D eigenvalue weighted by molar-refractivity contribution is 0.959. The van der Waals surface area contributed by atoms with Gasteiger partial charge in [-0.15, -0.1) is 0 Å². The first-order chi connectivity index (χ1) is 8.79. The van der Waals surface area contributed by atoms with Crippen molar-refractivity contribution in [2.45, 2.75) is 20.3 Å². The summed E-state index contributed by atoms with van der Waals surface area (Å²) in [6, 6.07) is 2.15. The van der Waals surface area contributed by atoms with Gasteiger partial charge < -0.3 is 15.6 Å². The van der Waals surface area contributed by atoms with Gasteiger partial charge in [0, 0.05) is 17.8 Å². The number of guanidine groups is 1. The van der Waals surface area contributed by atoms with Crippen LogP contribution in [0.1, 0.15) is 18.1 Å². The van der Waals surface area contributed by atoms with Crippen LogP contribution in [0.2, 0.25) is 0 Å². The van der Waals surface area contributed by atoms with Crippen molar-refractivity contribution in [1.82, 2.24) is 15.3 Å². The van der Waals surface area contributed by atoms with Gasteiger partial charge in [-0.05, 0) is 25.0 Å². The summed E-state index contributed by atoms with van der Waals surface area (Å²) in [5.41, 5.74) is 5.70. The summed E-state index contributed by atoms with van der Waals surface area (Å²) in [7, 11) is 0. The van der Waals surface area contributed by atoms with Gasteiger partial charge >= 0.3 is 0 Å². The van der Waals surface area contributed by atoms with Crippen LogP contribution in [-0.2, 0) is 6.42 Å². The van der Waals surface area contributed by atoms with Crippen molar-refractivity contribution in [3.05, 3.63) is 23.5 Å². The molecule has 1 aliphatic heterocycles. The van der Waals surface area contributed by atoms with Gasteiger partial charge in [-0.1, -0.05) is 6.92 Å². The number of imidazole rings is 1. The number of nitrogens with zero attached hydrogens (tertiary/aromatic N) is 2. The third-order valence-electron chi connectivity index (χ3n) is 3.29. The van der Waals surface area contributed by atoms with Gasteiger partial charge in [0.1, 0.15) is 0 Å². The van der Waals surface area contributed by atoms with Crippen LogP contribution in [0.25, 0.3) is 11.0 Å². The zero-order valence-electron chi connectivity index (χ0n) is 10.7. The Morgan fingerprint density at radius 3 is 3.06 bits per heavy atom. The minimum atomic E-state index is 0.841. The molecule has 2 heterocycles. The van der Waals surface area contributed by atoms with E-state index in [1.165, 1.54) is 11.1 Å². The second-order valence-electron chi connectivity index (χ2n) is 4.48. The van der Waals surface area contributed by atoms with Crippen LogP contribution >= 0.6 is 0 Å². The molecule has 94 valence electrons. The number of aromatic nitrogens is 2. The van der Waals surface area contributed by atoms with E-state index in [9.17, 15) is 0 Å². The molecule has 0 atom stereocenters. The van der Waals surface area contributed by atoms with Crippen LogP contribution in [0.5, 0.6) is 0 Å². The van der Waals surface area contributed by atoms with Crippen LogP contribution in [0, 0.1) is 6.92 Å². The number of fused-ring (bicyclic) bond motifs is 1. The van der Waals surface area contributed by atoms with E-state index in [0.29, 0.717) is 0 Å². The van der Waals surface area contributed by atoms with Gasteiger partial charge in [-0.3, -0.25) is 4.99 Å². The number of hydrogen-bond acceptors (Lipinski definition) is 4. The number of aromatic amines is 1. The number of aryl methyl sites for hydroxylation is 2. The first-order valence-electron chi connectivity index (χ1n) is 6.30. The summed E-state index contributed by atoms with van der Waals surface area (Å²) in [5.74, 6) is 0.860. The van der Waals surface area contributed by atoms with Crippen molar-refractivity contribution >= 4 is 22.7 Å². The fourth-order valence-corrected chi connectivity index (χ4v) is 2.41. The molecule has 0 saturated heterocycles. The van der Waals surface area contributed by atoms with Crippen LogP contribution in [-0.4, -0.2) is 29.0 Å². The number of benzene rings is 1. The number of hydrogen-bond donors (Lipinski definition) is 3. The molecule has 5 nitrogen and oxygen atoms in total. The molecule has 18 heavy (non-hydrogen) atoms. The van der Waals surface area contributed by atoms with Crippen LogP contribution in [0.4, 0.5) is 5.69 Å². The maximum Gasteiger partial charge on any atom is 0.195 e. The average molecular weight is 243 g/mol. The zero-order valence-corrected chi connectivity index (χ0v) is 10.7. The van der Waals surface area contributed by atoms with E-state index in [2.05, 4.69) is 45.5 Å². The number of nitrogens with one attached hydrogen (secondary N) is 3. The van der Waals surface area contributed by atoms with E-state index < -0.39 is 0 Å². The molecule has 1 aliphatic rings. The average Bonchev–Trinajstić information content (AvgIpc) is 3.00. The third kappa shape index (κ3) is 1.72. The summed E-state index contributed by atoms with van der Waals surface area (Å²) in [6.45, 7) is 5.99. The molecular formula is C13H17N5. The van der Waals surface area contributed by atoms with Crippen molar-refractivity contribution in [3.8, 4) is 0 Å². The molecule has 3 rings (SSSR count). The molecule has 0 fully saturated rings. The third-order valence-corrected chi connectivity index (χ3v) is 3.29. The number of aliphatic imine (C=N–C) groups is 1. The second kappa shape index (κ2) is 4.33. The maximum atomic E-state index is 4.43. The second-order valence-corrected chi connectivity index (χ2v) is 4.48. The Hall–Kier alpha value is -2.04. The van der Waals surface area contributed by atoms with E-state index in [1.807, 2.05) is 0 Å². The largest absolute Gasteiger partial charge is 0.354 e. The molecule has 3 N–H and O–H groups in total. The zero-order chi connectivity index (χ0) is 12.5. The number of rotatable bonds is 2. The lowest BCUT2D eigenvalue weighted by Crippen LogP contribution is -2.26. The highest BCUT2D eigenvalue weighted by atomic mass is 15.2. The van der Waals surface area contributed by atoms with E-state index in [0.717, 1.165) is 42.2 Å². The summed E-state index contributed by atoms with van der Waals surface area (Å²) in [6.07, 6.45) is 2.70. The SMILES string of the molecule is CCc1c(NC2=NCCN2)cc(C)c2[nH]cnc12. The minimum Gasteiger partial charge on any atom is -0.354 e. The van der Waals surface area contributed by atoms with Gasteiger partial charge in [-0.25, -0.2) is 4.98 Å². The molecule has 0 saturated carbocycles. The van der Waals surface area contributed by atoms with Gasteiger partial charge in [0.25, 0.3) is 0 Å². The first kappa shape index (κ1) is 11.1. The molecule has 0 unspecified atom stereocenters. The normalized spacial score (nSPS) is 14.7. The summed E-state index contributed by atoms with van der Waals surface area (Å²) < 4.78 is 0. The molecule has 1 aromatic carbocycles. The van der Waals surface area contributed by atoms with Crippen molar-refractivity contribution < 1.29 is 0 Å². The number of anilines is 1. The van der Waals surface area contributed by atoms with Crippen molar-refractivity contribution in [3.63, 3.8) is 0 Å². The van der Waals surface area contributed by atoms with E-state index in [1.54, 1.807) is 6.33 Å². The minimum absolute atomic E-state index is 0.841. The Bertz CT molecular complexity index is 611. The molecule has 2 aromatic rings. The van der Waals surface area contributed by atoms with E-state index in [-0.39, 0.29) is 0 Å². The maximum absolute atomic E-state index is 4.43. The lowest BCUT2D eigenvalue weighted by Gasteiger charge is -2.13. The van der Waals surface area contributed by atoms with Crippen LogP contribution in [0.3, 0.4) is 0 Å². The lowest BCUT2D eigenvalue weighted by atomic mass is 10.0. The molecule has 0 spiro atoms. The topological polar surface area (TPSA) is 65.1 Å². The van der Waals surface area contributed by atoms with Crippen LogP contribution in [0.15, 0.2) is 17.4 Å². The smallest absolute Gasteiger partial charge is 0.195 e. The Balaban J connectivity index is 2.09. The van der Waals surface area contributed by atoms with E-state index >= 15 is 0 Å². The Kier molecular flexibility index (Phi) is 2.66. The summed E-state index contributed by atoms with van der Waals surface area (Å²) in [5, 5.41) is 6.60. The Labute approximate surface area is 106 Å². The van der Waals surface area contributed by atoms with Gasteiger partial charge in [-0.2, -0.15) is 0 Å². The fourth-order valence-electron chi connectivity index (χ4n) is 2.41. The van der Waals surface area contributed by atoms with Gasteiger partial charge in [0.05, 0.1) is 23.9 Å². The van der Waals surface area contributed by atoms with Gasteiger partial charge in [0.15, 0.2) is 5.96 Å². The first-order valence-corrected chi connectivity index (χ1v) is 6.30. The Morgan fingerprint density at radius 1 is 1.44 bits per heavy atom. The van der Waals surface area contributed by atoms with Crippen LogP contribution < -0.4 is 10.6 Å².